The molecule has 3 aromatic carbocycles. The molecule has 4 rings (SSSR count). The van der Waals surface area contributed by atoms with E-state index in [1.807, 2.05) is 25.1 Å². The third-order valence-electron chi connectivity index (χ3n) is 4.60. The molecule has 0 saturated carbocycles. The highest BCUT2D eigenvalue weighted by atomic mass is 35.5. The van der Waals surface area contributed by atoms with Gasteiger partial charge < -0.3 is 5.32 Å². The van der Waals surface area contributed by atoms with Gasteiger partial charge in [0.15, 0.2) is 0 Å². The van der Waals surface area contributed by atoms with E-state index in [2.05, 4.69) is 5.32 Å². The van der Waals surface area contributed by atoms with Crippen molar-refractivity contribution in [1.82, 2.24) is 0 Å². The molecule has 0 unspecified atom stereocenters. The lowest BCUT2D eigenvalue weighted by molar-refractivity contribution is -0.120. The molecule has 1 N–H and O–H groups in total. The van der Waals surface area contributed by atoms with E-state index in [1.54, 1.807) is 36.4 Å². The molecule has 0 aromatic heterocycles. The van der Waals surface area contributed by atoms with Crippen LogP contribution in [0.4, 0.5) is 15.8 Å². The Kier molecular flexibility index (Phi) is 4.91. The fourth-order valence-corrected chi connectivity index (χ4v) is 3.38. The minimum Gasteiger partial charge on any atom is -0.350 e. The molecule has 0 bridgehead atoms. The van der Waals surface area contributed by atoms with E-state index < -0.39 is 17.6 Å². The van der Waals surface area contributed by atoms with E-state index in [-0.39, 0.29) is 17.0 Å². The quantitative estimate of drug-likeness (QED) is 0.607. The first-order valence-corrected chi connectivity index (χ1v) is 9.31. The molecule has 2 amide bonds. The van der Waals surface area contributed by atoms with Crippen molar-refractivity contribution in [3.63, 3.8) is 0 Å². The Labute approximate surface area is 172 Å². The van der Waals surface area contributed by atoms with Crippen molar-refractivity contribution >= 4 is 40.4 Å². The number of hydrogen-bond donors (Lipinski definition) is 1. The zero-order chi connectivity index (χ0) is 20.5. The maximum atomic E-state index is 14.4. The SMILES string of the molecule is Cc1cccc(NC2=C(c3ccc(Cl)cc3)C(=O)N(c3ccccc3F)C2=O)c1. The summed E-state index contributed by atoms with van der Waals surface area (Å²) in [6.45, 7) is 1.92. The van der Waals surface area contributed by atoms with Crippen molar-refractivity contribution in [2.24, 2.45) is 0 Å². The number of amides is 2. The number of carbonyl (C=O) groups excluding carboxylic acids is 2. The molecule has 6 heteroatoms. The molecule has 144 valence electrons. The molecule has 0 fully saturated rings. The second kappa shape index (κ2) is 7.53. The van der Waals surface area contributed by atoms with Crippen LogP contribution in [-0.2, 0) is 9.59 Å². The van der Waals surface area contributed by atoms with E-state index in [1.165, 1.54) is 18.2 Å². The van der Waals surface area contributed by atoms with Crippen LogP contribution in [0.25, 0.3) is 5.57 Å². The van der Waals surface area contributed by atoms with Gasteiger partial charge in [-0.2, -0.15) is 0 Å². The minimum absolute atomic E-state index is 0.0880. The van der Waals surface area contributed by atoms with Crippen LogP contribution in [0, 0.1) is 12.7 Å². The van der Waals surface area contributed by atoms with Crippen LogP contribution < -0.4 is 10.2 Å². The summed E-state index contributed by atoms with van der Waals surface area (Å²) in [7, 11) is 0. The van der Waals surface area contributed by atoms with Crippen molar-refractivity contribution < 1.29 is 14.0 Å². The van der Waals surface area contributed by atoms with Crippen LogP contribution in [0.2, 0.25) is 5.02 Å². The number of nitrogens with one attached hydrogen (secondary N) is 1. The average Bonchev–Trinajstić information content (AvgIpc) is 2.93. The van der Waals surface area contributed by atoms with Crippen molar-refractivity contribution in [2.45, 2.75) is 6.92 Å². The largest absolute Gasteiger partial charge is 0.350 e. The number of aryl methyl sites for hydroxylation is 1. The van der Waals surface area contributed by atoms with Crippen LogP contribution in [0.1, 0.15) is 11.1 Å². The first kappa shape index (κ1) is 18.9. The first-order valence-electron chi connectivity index (χ1n) is 8.93. The zero-order valence-corrected chi connectivity index (χ0v) is 16.2. The van der Waals surface area contributed by atoms with Crippen molar-refractivity contribution in [3.05, 3.63) is 100 Å². The molecule has 0 spiro atoms. The predicted molar refractivity (Wildman–Crippen MR) is 112 cm³/mol. The van der Waals surface area contributed by atoms with Gasteiger partial charge in [0.2, 0.25) is 0 Å². The monoisotopic (exact) mass is 406 g/mol. The molecule has 0 radical (unpaired) electrons. The third-order valence-corrected chi connectivity index (χ3v) is 4.85. The second-order valence-electron chi connectivity index (χ2n) is 6.65. The topological polar surface area (TPSA) is 49.4 Å². The zero-order valence-electron chi connectivity index (χ0n) is 15.4. The highest BCUT2D eigenvalue weighted by molar-refractivity contribution is 6.46. The highest BCUT2D eigenvalue weighted by Crippen LogP contribution is 2.35. The molecular formula is C23H16ClFN2O2. The third kappa shape index (κ3) is 3.52. The summed E-state index contributed by atoms with van der Waals surface area (Å²) in [6.07, 6.45) is 0. The van der Waals surface area contributed by atoms with Crippen molar-refractivity contribution in [2.75, 3.05) is 10.2 Å². The van der Waals surface area contributed by atoms with E-state index in [0.717, 1.165) is 10.5 Å². The smallest absolute Gasteiger partial charge is 0.282 e. The standard InChI is InChI=1S/C23H16ClFN2O2/c1-14-5-4-6-17(13-14)26-21-20(15-9-11-16(24)12-10-15)22(28)27(23(21)29)19-8-3-2-7-18(19)25/h2-13,26H,1H3. The van der Waals surface area contributed by atoms with Crippen LogP contribution in [0.15, 0.2) is 78.5 Å². The van der Waals surface area contributed by atoms with E-state index >= 15 is 0 Å². The molecule has 1 aliphatic heterocycles. The van der Waals surface area contributed by atoms with Gasteiger partial charge in [0, 0.05) is 10.7 Å². The normalized spacial score (nSPS) is 14.0. The van der Waals surface area contributed by atoms with Gasteiger partial charge in [-0.05, 0) is 54.4 Å². The Morgan fingerprint density at radius 1 is 0.897 bits per heavy atom. The molecule has 0 atom stereocenters. The Balaban J connectivity index is 1.85. The summed E-state index contributed by atoms with van der Waals surface area (Å²) in [5.41, 5.74) is 2.33. The van der Waals surface area contributed by atoms with Crippen LogP contribution >= 0.6 is 11.6 Å². The fraction of sp³-hybridized carbons (Fsp3) is 0.0435. The molecule has 4 nitrogen and oxygen atoms in total. The predicted octanol–water partition coefficient (Wildman–Crippen LogP) is 5.18. The lowest BCUT2D eigenvalue weighted by Gasteiger charge is -2.16. The van der Waals surface area contributed by atoms with E-state index in [0.29, 0.717) is 16.3 Å². The summed E-state index contributed by atoms with van der Waals surface area (Å²) in [4.78, 5) is 27.3. The Morgan fingerprint density at radius 3 is 2.31 bits per heavy atom. The lowest BCUT2D eigenvalue weighted by Crippen LogP contribution is -2.33. The van der Waals surface area contributed by atoms with Gasteiger partial charge in [0.1, 0.15) is 11.5 Å². The summed E-state index contributed by atoms with van der Waals surface area (Å²) >= 11 is 5.97. The number of hydrogen-bond acceptors (Lipinski definition) is 3. The van der Waals surface area contributed by atoms with Crippen molar-refractivity contribution in [3.8, 4) is 0 Å². The highest BCUT2D eigenvalue weighted by Gasteiger charge is 2.41. The fourth-order valence-electron chi connectivity index (χ4n) is 3.25. The summed E-state index contributed by atoms with van der Waals surface area (Å²) in [5, 5.41) is 3.56. The lowest BCUT2D eigenvalue weighted by atomic mass is 10.0. The van der Waals surface area contributed by atoms with Crippen LogP contribution in [0.5, 0.6) is 0 Å². The molecule has 1 heterocycles. The average molecular weight is 407 g/mol. The number of carbonyl (C=O) groups is 2. The Hall–Kier alpha value is -3.44. The van der Waals surface area contributed by atoms with Crippen molar-refractivity contribution in [1.29, 1.82) is 0 Å². The van der Waals surface area contributed by atoms with Gasteiger partial charge in [-0.1, -0.05) is 48.0 Å². The minimum atomic E-state index is -0.651. The van der Waals surface area contributed by atoms with Gasteiger partial charge in [-0.3, -0.25) is 9.59 Å². The maximum Gasteiger partial charge on any atom is 0.282 e. The van der Waals surface area contributed by atoms with E-state index in [9.17, 15) is 14.0 Å². The molecule has 0 saturated heterocycles. The number of halogens is 2. The molecule has 29 heavy (non-hydrogen) atoms. The van der Waals surface area contributed by atoms with E-state index in [4.69, 9.17) is 11.6 Å². The maximum absolute atomic E-state index is 14.4. The Bertz CT molecular complexity index is 1160. The van der Waals surface area contributed by atoms with Crippen LogP contribution in [-0.4, -0.2) is 11.8 Å². The number of para-hydroxylation sites is 1. The van der Waals surface area contributed by atoms with Gasteiger partial charge in [0.05, 0.1) is 11.3 Å². The first-order chi connectivity index (χ1) is 14.0. The second-order valence-corrected chi connectivity index (χ2v) is 7.08. The van der Waals surface area contributed by atoms with Crippen LogP contribution in [0.3, 0.4) is 0 Å². The summed E-state index contributed by atoms with van der Waals surface area (Å²) < 4.78 is 14.4. The number of anilines is 2. The van der Waals surface area contributed by atoms with Gasteiger partial charge in [-0.15, -0.1) is 0 Å². The van der Waals surface area contributed by atoms with Gasteiger partial charge in [-0.25, -0.2) is 9.29 Å². The molecule has 1 aliphatic rings. The number of nitrogens with zero attached hydrogens (tertiary/aromatic N) is 1. The number of imide groups is 1. The van der Waals surface area contributed by atoms with Gasteiger partial charge in [0.25, 0.3) is 11.8 Å². The Morgan fingerprint density at radius 2 is 1.62 bits per heavy atom. The molecule has 3 aromatic rings. The number of benzene rings is 3. The summed E-state index contributed by atoms with van der Waals surface area (Å²) in [6, 6.07) is 19.7. The number of rotatable bonds is 4. The van der Waals surface area contributed by atoms with Gasteiger partial charge >= 0.3 is 0 Å². The molecular weight excluding hydrogens is 391 g/mol. The molecule has 0 aliphatic carbocycles. The summed E-state index contributed by atoms with van der Waals surface area (Å²) in [5.74, 6) is -1.87.